The Bertz CT molecular complexity index is 928. The molecule has 2 aromatic heterocycles. The van der Waals surface area contributed by atoms with Crippen LogP contribution in [0.15, 0.2) is 36.4 Å². The molecule has 130 valence electrons. The minimum atomic E-state index is -0.820. The molecule has 0 spiro atoms. The molecule has 25 heavy (non-hydrogen) atoms. The summed E-state index contributed by atoms with van der Waals surface area (Å²) in [6.45, 7) is 3.48. The number of thiophene rings is 1. The summed E-state index contributed by atoms with van der Waals surface area (Å²) in [5.41, 5.74) is 1.77. The van der Waals surface area contributed by atoms with E-state index in [1.54, 1.807) is 27.1 Å². The minimum Gasteiger partial charge on any atom is -0.448 e. The molecule has 1 aromatic carbocycles. The molecule has 0 unspecified atom stereocenters. The van der Waals surface area contributed by atoms with Crippen LogP contribution >= 0.6 is 11.3 Å². The highest BCUT2D eigenvalue weighted by molar-refractivity contribution is 7.20. The molecule has 0 fully saturated rings. The van der Waals surface area contributed by atoms with Crippen LogP contribution < -0.4 is 0 Å². The molecule has 1 atom stereocenters. The van der Waals surface area contributed by atoms with Gasteiger partial charge in [-0.3, -0.25) is 4.79 Å². The predicted octanol–water partition coefficient (Wildman–Crippen LogP) is 3.03. The number of carbonyl (C=O) groups is 2. The van der Waals surface area contributed by atoms with Gasteiger partial charge in [-0.15, -0.1) is 11.3 Å². The van der Waals surface area contributed by atoms with Crippen LogP contribution in [-0.4, -0.2) is 46.8 Å². The maximum absolute atomic E-state index is 12.4. The first-order valence-corrected chi connectivity index (χ1v) is 8.67. The second kappa shape index (κ2) is 6.68. The van der Waals surface area contributed by atoms with Gasteiger partial charge < -0.3 is 9.64 Å². The van der Waals surface area contributed by atoms with Gasteiger partial charge in [0.15, 0.2) is 6.10 Å². The molecular formula is C18H19N3O3S. The van der Waals surface area contributed by atoms with Gasteiger partial charge in [0.2, 0.25) is 0 Å². The molecular weight excluding hydrogens is 338 g/mol. The fourth-order valence-corrected chi connectivity index (χ4v) is 3.59. The lowest BCUT2D eigenvalue weighted by Gasteiger charge is -2.16. The van der Waals surface area contributed by atoms with E-state index in [1.807, 2.05) is 41.9 Å². The summed E-state index contributed by atoms with van der Waals surface area (Å²) in [4.78, 5) is 27.0. The molecule has 0 aliphatic carbocycles. The molecule has 0 N–H and O–H groups in total. The van der Waals surface area contributed by atoms with Crippen LogP contribution in [0.25, 0.3) is 15.9 Å². The Kier molecular flexibility index (Phi) is 4.59. The van der Waals surface area contributed by atoms with Gasteiger partial charge in [-0.2, -0.15) is 5.10 Å². The van der Waals surface area contributed by atoms with Crippen molar-refractivity contribution in [2.75, 3.05) is 14.1 Å². The van der Waals surface area contributed by atoms with Crippen molar-refractivity contribution in [2.24, 2.45) is 0 Å². The lowest BCUT2D eigenvalue weighted by atomic mass is 10.3. The quantitative estimate of drug-likeness (QED) is 0.673. The zero-order valence-electron chi connectivity index (χ0n) is 14.5. The zero-order valence-corrected chi connectivity index (χ0v) is 15.3. The molecule has 0 saturated carbocycles. The van der Waals surface area contributed by atoms with Crippen molar-refractivity contribution in [1.29, 1.82) is 0 Å². The number of carbonyl (C=O) groups excluding carboxylic acids is 2. The van der Waals surface area contributed by atoms with Gasteiger partial charge >= 0.3 is 5.97 Å². The fourth-order valence-electron chi connectivity index (χ4n) is 2.52. The van der Waals surface area contributed by atoms with Crippen molar-refractivity contribution in [3.05, 3.63) is 47.0 Å². The van der Waals surface area contributed by atoms with Crippen LogP contribution in [0.1, 0.15) is 22.3 Å². The standard InChI is InChI=1S/C18H19N3O3S/c1-11-14-10-15(18(23)24-12(2)16(22)20(3)4)25-17(14)21(19-11)13-8-6-5-7-9-13/h5-10,12H,1-4H3/t12-/m0/s1. The number of likely N-dealkylation sites (N-methyl/N-ethyl adjacent to an activating group) is 1. The number of para-hydroxylation sites is 1. The smallest absolute Gasteiger partial charge is 0.349 e. The molecule has 0 bridgehead atoms. The molecule has 1 amide bonds. The van der Waals surface area contributed by atoms with Crippen molar-refractivity contribution in [2.45, 2.75) is 20.0 Å². The molecule has 0 radical (unpaired) electrons. The fraction of sp³-hybridized carbons (Fsp3) is 0.278. The third-order valence-corrected chi connectivity index (χ3v) is 4.91. The van der Waals surface area contributed by atoms with Crippen molar-refractivity contribution in [3.8, 4) is 5.69 Å². The van der Waals surface area contributed by atoms with Gasteiger partial charge in [-0.05, 0) is 32.0 Å². The number of amides is 1. The lowest BCUT2D eigenvalue weighted by Crippen LogP contribution is -2.34. The van der Waals surface area contributed by atoms with E-state index in [2.05, 4.69) is 5.10 Å². The first-order valence-electron chi connectivity index (χ1n) is 7.85. The van der Waals surface area contributed by atoms with Crippen LogP contribution in [0.2, 0.25) is 0 Å². The second-order valence-corrected chi connectivity index (χ2v) is 6.97. The maximum atomic E-state index is 12.4. The lowest BCUT2D eigenvalue weighted by molar-refractivity contribution is -0.137. The first-order chi connectivity index (χ1) is 11.9. The van der Waals surface area contributed by atoms with Crippen LogP contribution in [0.5, 0.6) is 0 Å². The Morgan fingerprint density at radius 2 is 1.92 bits per heavy atom. The number of aromatic nitrogens is 2. The van der Waals surface area contributed by atoms with E-state index in [4.69, 9.17) is 4.74 Å². The van der Waals surface area contributed by atoms with Crippen molar-refractivity contribution in [1.82, 2.24) is 14.7 Å². The van der Waals surface area contributed by atoms with Gasteiger partial charge in [0.05, 0.1) is 11.4 Å². The Labute approximate surface area is 149 Å². The molecule has 3 aromatic rings. The highest BCUT2D eigenvalue weighted by Crippen LogP contribution is 2.31. The number of benzene rings is 1. The Morgan fingerprint density at radius 3 is 2.56 bits per heavy atom. The van der Waals surface area contributed by atoms with Crippen LogP contribution in [-0.2, 0) is 9.53 Å². The van der Waals surface area contributed by atoms with E-state index in [1.165, 1.54) is 16.2 Å². The van der Waals surface area contributed by atoms with Crippen LogP contribution in [0, 0.1) is 6.92 Å². The summed E-state index contributed by atoms with van der Waals surface area (Å²) < 4.78 is 7.11. The zero-order chi connectivity index (χ0) is 18.1. The van der Waals surface area contributed by atoms with E-state index in [0.29, 0.717) is 4.88 Å². The number of hydrogen-bond acceptors (Lipinski definition) is 5. The van der Waals surface area contributed by atoms with Gasteiger partial charge in [0.1, 0.15) is 9.71 Å². The highest BCUT2D eigenvalue weighted by Gasteiger charge is 2.23. The first kappa shape index (κ1) is 17.2. The third kappa shape index (κ3) is 3.28. The molecule has 0 aliphatic rings. The summed E-state index contributed by atoms with van der Waals surface area (Å²) in [5, 5.41) is 5.46. The van der Waals surface area contributed by atoms with E-state index in [9.17, 15) is 9.59 Å². The molecule has 6 nitrogen and oxygen atoms in total. The molecule has 3 rings (SSSR count). The third-order valence-electron chi connectivity index (χ3n) is 3.82. The summed E-state index contributed by atoms with van der Waals surface area (Å²) >= 11 is 1.31. The average Bonchev–Trinajstić information content (AvgIpc) is 3.15. The summed E-state index contributed by atoms with van der Waals surface area (Å²) in [7, 11) is 3.26. The van der Waals surface area contributed by atoms with E-state index in [-0.39, 0.29) is 5.91 Å². The summed E-state index contributed by atoms with van der Waals surface area (Å²) in [6, 6.07) is 11.5. The number of ether oxygens (including phenoxy) is 1. The number of hydrogen-bond donors (Lipinski definition) is 0. The largest absolute Gasteiger partial charge is 0.448 e. The van der Waals surface area contributed by atoms with E-state index >= 15 is 0 Å². The van der Waals surface area contributed by atoms with Gasteiger partial charge in [0.25, 0.3) is 5.91 Å². The summed E-state index contributed by atoms with van der Waals surface area (Å²) in [6.07, 6.45) is -0.820. The predicted molar refractivity (Wildman–Crippen MR) is 97.3 cm³/mol. The van der Waals surface area contributed by atoms with Gasteiger partial charge in [0, 0.05) is 19.5 Å². The monoisotopic (exact) mass is 357 g/mol. The number of nitrogens with zero attached hydrogens (tertiary/aromatic N) is 3. The number of rotatable bonds is 4. The van der Waals surface area contributed by atoms with E-state index < -0.39 is 12.1 Å². The highest BCUT2D eigenvalue weighted by atomic mass is 32.1. The molecule has 0 aliphatic heterocycles. The van der Waals surface area contributed by atoms with Crippen LogP contribution in [0.3, 0.4) is 0 Å². The number of esters is 1. The minimum absolute atomic E-state index is 0.249. The Balaban J connectivity index is 1.92. The van der Waals surface area contributed by atoms with Crippen molar-refractivity contribution >= 4 is 33.4 Å². The molecule has 0 saturated heterocycles. The second-order valence-electron chi connectivity index (χ2n) is 5.94. The normalized spacial score (nSPS) is 12.2. The van der Waals surface area contributed by atoms with Crippen molar-refractivity contribution in [3.63, 3.8) is 0 Å². The maximum Gasteiger partial charge on any atom is 0.349 e. The van der Waals surface area contributed by atoms with E-state index in [0.717, 1.165) is 21.6 Å². The number of aryl methyl sites for hydroxylation is 1. The van der Waals surface area contributed by atoms with Gasteiger partial charge in [-0.25, -0.2) is 9.48 Å². The van der Waals surface area contributed by atoms with Crippen LogP contribution in [0.4, 0.5) is 0 Å². The molecule has 2 heterocycles. The topological polar surface area (TPSA) is 64.4 Å². The summed E-state index contributed by atoms with van der Waals surface area (Å²) in [5.74, 6) is -0.746. The SMILES string of the molecule is Cc1nn(-c2ccccc2)c2sc(C(=O)O[C@@H](C)C(=O)N(C)C)cc12. The average molecular weight is 357 g/mol. The van der Waals surface area contributed by atoms with Crippen molar-refractivity contribution < 1.29 is 14.3 Å². The Morgan fingerprint density at radius 1 is 1.24 bits per heavy atom. The number of fused-ring (bicyclic) bond motifs is 1. The van der Waals surface area contributed by atoms with Gasteiger partial charge in [-0.1, -0.05) is 18.2 Å². The molecule has 7 heteroatoms. The Hall–Kier alpha value is -2.67.